The zero-order chi connectivity index (χ0) is 11.3. The maximum absolute atomic E-state index is 10.9. The third-order valence-corrected chi connectivity index (χ3v) is 1.66. The Labute approximate surface area is 86.9 Å². The summed E-state index contributed by atoms with van der Waals surface area (Å²) < 4.78 is 4.87. The van der Waals surface area contributed by atoms with Crippen LogP contribution in [0.4, 0.5) is 5.69 Å². The minimum absolute atomic E-state index is 0.217. The summed E-state index contributed by atoms with van der Waals surface area (Å²) in [6.45, 7) is 5.10. The van der Waals surface area contributed by atoms with Gasteiger partial charge in [-0.2, -0.15) is 4.99 Å². The lowest BCUT2D eigenvalue weighted by molar-refractivity contribution is -0.128. The second kappa shape index (κ2) is 4.88. The topological polar surface area (TPSA) is 55.7 Å². The molecule has 0 amide bonds. The summed E-state index contributed by atoms with van der Waals surface area (Å²) >= 11 is 0. The van der Waals surface area contributed by atoms with Crippen molar-refractivity contribution in [1.82, 2.24) is 0 Å². The Hall–Kier alpha value is -2.19. The van der Waals surface area contributed by atoms with Gasteiger partial charge in [0, 0.05) is 6.08 Å². The van der Waals surface area contributed by atoms with E-state index in [1.54, 1.807) is 18.2 Å². The average molecular weight is 203 g/mol. The fourth-order valence-corrected chi connectivity index (χ4v) is 1.00. The first-order valence-electron chi connectivity index (χ1n) is 4.20. The number of carbonyl (C=O) groups excluding carboxylic acids is 2. The maximum atomic E-state index is 10.9. The van der Waals surface area contributed by atoms with Crippen LogP contribution >= 0.6 is 0 Å². The number of aliphatic imine (C=N–C) groups is 1. The van der Waals surface area contributed by atoms with Gasteiger partial charge in [-0.25, -0.2) is 9.59 Å². The molecular weight excluding hydrogens is 194 g/mol. The Morgan fingerprint density at radius 1 is 1.60 bits per heavy atom. The summed E-state index contributed by atoms with van der Waals surface area (Å²) in [4.78, 5) is 24.5. The number of esters is 1. The van der Waals surface area contributed by atoms with E-state index >= 15 is 0 Å². The number of hydrogen-bond donors (Lipinski definition) is 0. The third kappa shape index (κ3) is 2.90. The fraction of sp³-hybridized carbons (Fsp3) is 0.0909. The predicted molar refractivity (Wildman–Crippen MR) is 54.8 cm³/mol. The molecule has 4 heteroatoms. The third-order valence-electron chi connectivity index (χ3n) is 1.66. The molecule has 76 valence electrons. The first-order chi connectivity index (χ1) is 7.17. The summed E-state index contributed by atoms with van der Waals surface area (Å²) in [5.41, 5.74) is 1.18. The van der Waals surface area contributed by atoms with E-state index in [1.807, 2.05) is 6.92 Å². The van der Waals surface area contributed by atoms with E-state index in [-0.39, 0.29) is 11.4 Å². The van der Waals surface area contributed by atoms with Crippen molar-refractivity contribution in [2.24, 2.45) is 4.99 Å². The SMILES string of the molecule is C=CC(=O)Oc1ccc(C)cc1N=C=O. The van der Waals surface area contributed by atoms with Gasteiger partial charge in [-0.05, 0) is 24.6 Å². The number of benzene rings is 1. The largest absolute Gasteiger partial charge is 0.421 e. The van der Waals surface area contributed by atoms with Gasteiger partial charge in [0.2, 0.25) is 6.08 Å². The number of isocyanates is 1. The molecule has 0 saturated heterocycles. The molecule has 1 aromatic rings. The van der Waals surface area contributed by atoms with Crippen molar-refractivity contribution in [3.05, 3.63) is 36.4 Å². The van der Waals surface area contributed by atoms with Crippen LogP contribution in [-0.2, 0) is 9.59 Å². The molecule has 1 rings (SSSR count). The summed E-state index contributed by atoms with van der Waals surface area (Å²) in [5, 5.41) is 0. The van der Waals surface area contributed by atoms with Gasteiger partial charge in [0.1, 0.15) is 5.69 Å². The second-order valence-electron chi connectivity index (χ2n) is 2.80. The molecular formula is C11H9NO3. The molecule has 0 spiro atoms. The van der Waals surface area contributed by atoms with Crippen molar-refractivity contribution in [3.8, 4) is 5.75 Å². The molecule has 0 aromatic heterocycles. The van der Waals surface area contributed by atoms with E-state index in [4.69, 9.17) is 4.74 Å². The zero-order valence-corrected chi connectivity index (χ0v) is 8.19. The number of carbonyl (C=O) groups is 1. The van der Waals surface area contributed by atoms with E-state index in [0.717, 1.165) is 11.6 Å². The summed E-state index contributed by atoms with van der Waals surface area (Å²) in [5.74, 6) is -0.380. The second-order valence-corrected chi connectivity index (χ2v) is 2.80. The van der Waals surface area contributed by atoms with Gasteiger partial charge in [0.15, 0.2) is 5.75 Å². The Morgan fingerprint density at radius 3 is 2.93 bits per heavy atom. The van der Waals surface area contributed by atoms with Crippen molar-refractivity contribution < 1.29 is 14.3 Å². The van der Waals surface area contributed by atoms with E-state index in [2.05, 4.69) is 11.6 Å². The van der Waals surface area contributed by atoms with Gasteiger partial charge in [0.05, 0.1) is 0 Å². The lowest BCUT2D eigenvalue weighted by Gasteiger charge is -2.04. The van der Waals surface area contributed by atoms with Crippen molar-refractivity contribution in [2.45, 2.75) is 6.92 Å². The average Bonchev–Trinajstić information content (AvgIpc) is 2.22. The standard InChI is InChI=1S/C11H9NO3/c1-3-11(14)15-10-5-4-8(2)6-9(10)12-7-13/h3-6H,1H2,2H3. The molecule has 0 aliphatic heterocycles. The van der Waals surface area contributed by atoms with Crippen LogP contribution in [-0.4, -0.2) is 12.0 Å². The number of hydrogen-bond acceptors (Lipinski definition) is 4. The van der Waals surface area contributed by atoms with Gasteiger partial charge in [0.25, 0.3) is 0 Å². The predicted octanol–water partition coefficient (Wildman–Crippen LogP) is 2.05. The van der Waals surface area contributed by atoms with Gasteiger partial charge in [-0.3, -0.25) is 0 Å². The van der Waals surface area contributed by atoms with Crippen LogP contribution < -0.4 is 4.74 Å². The van der Waals surface area contributed by atoms with E-state index < -0.39 is 5.97 Å². The highest BCUT2D eigenvalue weighted by molar-refractivity contribution is 5.84. The van der Waals surface area contributed by atoms with Crippen LogP contribution in [0.3, 0.4) is 0 Å². The molecule has 1 aromatic carbocycles. The molecule has 4 nitrogen and oxygen atoms in total. The zero-order valence-electron chi connectivity index (χ0n) is 8.19. The molecule has 0 heterocycles. The summed E-state index contributed by atoms with van der Waals surface area (Å²) in [7, 11) is 0. The van der Waals surface area contributed by atoms with Crippen LogP contribution in [0.1, 0.15) is 5.56 Å². The number of rotatable bonds is 3. The van der Waals surface area contributed by atoms with E-state index in [9.17, 15) is 9.59 Å². The van der Waals surface area contributed by atoms with Gasteiger partial charge in [-0.15, -0.1) is 0 Å². The fourth-order valence-electron chi connectivity index (χ4n) is 1.00. The van der Waals surface area contributed by atoms with Gasteiger partial charge < -0.3 is 4.74 Å². The van der Waals surface area contributed by atoms with Crippen molar-refractivity contribution in [1.29, 1.82) is 0 Å². The Balaban J connectivity index is 3.10. The van der Waals surface area contributed by atoms with E-state index in [1.165, 1.54) is 6.08 Å². The highest BCUT2D eigenvalue weighted by Gasteiger charge is 2.06. The van der Waals surface area contributed by atoms with Crippen molar-refractivity contribution >= 4 is 17.7 Å². The number of nitrogens with zero attached hydrogens (tertiary/aromatic N) is 1. The van der Waals surface area contributed by atoms with Crippen molar-refractivity contribution in [2.75, 3.05) is 0 Å². The Kier molecular flexibility index (Phi) is 3.55. The molecule has 0 atom stereocenters. The van der Waals surface area contributed by atoms with Crippen LogP contribution in [0, 0.1) is 6.92 Å². The molecule has 0 fully saturated rings. The Bertz CT molecular complexity index is 445. The molecule has 0 saturated carbocycles. The van der Waals surface area contributed by atoms with E-state index in [0.29, 0.717) is 0 Å². The lowest BCUT2D eigenvalue weighted by atomic mass is 10.2. The minimum atomic E-state index is -0.596. The first-order valence-corrected chi connectivity index (χ1v) is 4.20. The Morgan fingerprint density at radius 2 is 2.33 bits per heavy atom. The highest BCUT2D eigenvalue weighted by atomic mass is 16.5. The molecule has 15 heavy (non-hydrogen) atoms. The monoisotopic (exact) mass is 203 g/mol. The highest BCUT2D eigenvalue weighted by Crippen LogP contribution is 2.28. The quantitative estimate of drug-likeness (QED) is 0.248. The lowest BCUT2D eigenvalue weighted by Crippen LogP contribution is -2.03. The summed E-state index contributed by atoms with van der Waals surface area (Å²) in [6, 6.07) is 4.93. The molecule has 0 aliphatic rings. The minimum Gasteiger partial charge on any atom is -0.421 e. The van der Waals surface area contributed by atoms with Crippen molar-refractivity contribution in [3.63, 3.8) is 0 Å². The molecule has 0 radical (unpaired) electrons. The first kappa shape index (κ1) is 10.9. The van der Waals surface area contributed by atoms with Crippen LogP contribution in [0.25, 0.3) is 0 Å². The van der Waals surface area contributed by atoms with Gasteiger partial charge in [-0.1, -0.05) is 12.6 Å². The molecule has 0 N–H and O–H groups in total. The van der Waals surface area contributed by atoms with Crippen LogP contribution in [0.2, 0.25) is 0 Å². The summed E-state index contributed by atoms with van der Waals surface area (Å²) in [6.07, 6.45) is 2.44. The number of aryl methyl sites for hydroxylation is 1. The van der Waals surface area contributed by atoms with Crippen LogP contribution in [0.15, 0.2) is 35.8 Å². The maximum Gasteiger partial charge on any atom is 0.335 e. The molecule has 0 aliphatic carbocycles. The van der Waals surface area contributed by atoms with Crippen LogP contribution in [0.5, 0.6) is 5.75 Å². The number of ether oxygens (including phenoxy) is 1. The molecule has 0 bridgehead atoms. The van der Waals surface area contributed by atoms with Gasteiger partial charge >= 0.3 is 5.97 Å². The molecule has 0 unspecified atom stereocenters. The normalized spacial score (nSPS) is 8.87. The smallest absolute Gasteiger partial charge is 0.335 e.